The molecule has 0 spiro atoms. The molecular formula is C5H8NO2. The fourth-order valence-electron chi connectivity index (χ4n) is 0.565. The molecule has 0 aromatic heterocycles. The smallest absolute Gasteiger partial charge is 0.405 e. The van der Waals surface area contributed by atoms with E-state index >= 15 is 0 Å². The molecule has 3 heteroatoms. The lowest BCUT2D eigenvalue weighted by Crippen LogP contribution is -2.21. The predicted octanol–water partition coefficient (Wildman–Crippen LogP) is 0.798. The van der Waals surface area contributed by atoms with Crippen molar-refractivity contribution in [3.63, 3.8) is 0 Å². The molecule has 0 aromatic carbocycles. The Balaban J connectivity index is 2.09. The van der Waals surface area contributed by atoms with Gasteiger partial charge in [-0.1, -0.05) is 0 Å². The highest BCUT2D eigenvalue weighted by molar-refractivity contribution is 5.65. The largest absolute Gasteiger partial charge is 0.439 e. The molecule has 0 heterocycles. The number of ether oxygens (including phenoxy) is 1. The van der Waals surface area contributed by atoms with Crippen LogP contribution in [0.15, 0.2) is 0 Å². The number of carbonyl (C=O) groups is 1. The molecular weight excluding hydrogens is 106 g/mol. The van der Waals surface area contributed by atoms with Gasteiger partial charge in [-0.05, 0) is 19.3 Å². The Morgan fingerprint density at radius 2 is 2.25 bits per heavy atom. The summed E-state index contributed by atoms with van der Waals surface area (Å²) in [7, 11) is 0. The minimum Gasteiger partial charge on any atom is -0.439 e. The molecule has 0 atom stereocenters. The number of carbonyl (C=O) groups excluding carboxylic acids is 1. The summed E-state index contributed by atoms with van der Waals surface area (Å²) in [6, 6.07) is 0. The summed E-state index contributed by atoms with van der Waals surface area (Å²) in [5.74, 6) is 0. The maximum absolute atomic E-state index is 9.98. The number of rotatable bonds is 1. The number of hydrogen-bond acceptors (Lipinski definition) is 2. The van der Waals surface area contributed by atoms with E-state index in [0.717, 1.165) is 25.4 Å². The van der Waals surface area contributed by atoms with Crippen LogP contribution < -0.4 is 5.73 Å². The Morgan fingerprint density at radius 1 is 1.62 bits per heavy atom. The van der Waals surface area contributed by atoms with Crippen molar-refractivity contribution in [3.05, 3.63) is 6.10 Å². The summed E-state index contributed by atoms with van der Waals surface area (Å²) in [4.78, 5) is 9.98. The van der Waals surface area contributed by atoms with Crippen molar-refractivity contribution in [3.8, 4) is 0 Å². The second-order valence-corrected chi connectivity index (χ2v) is 1.81. The van der Waals surface area contributed by atoms with Gasteiger partial charge in [-0.25, -0.2) is 4.79 Å². The van der Waals surface area contributed by atoms with Gasteiger partial charge in [0.1, 0.15) is 0 Å². The molecule has 1 rings (SSSR count). The van der Waals surface area contributed by atoms with Gasteiger partial charge in [0.15, 0.2) is 6.10 Å². The molecule has 0 unspecified atom stereocenters. The van der Waals surface area contributed by atoms with Crippen LogP contribution in [-0.2, 0) is 4.74 Å². The lowest BCUT2D eigenvalue weighted by Gasteiger charge is -2.21. The van der Waals surface area contributed by atoms with Gasteiger partial charge in [0.2, 0.25) is 0 Å². The van der Waals surface area contributed by atoms with Crippen molar-refractivity contribution >= 4 is 6.09 Å². The first kappa shape index (κ1) is 5.41. The van der Waals surface area contributed by atoms with Gasteiger partial charge in [0, 0.05) is 0 Å². The standard InChI is InChI=1S/C5H8NO2/c6-5(7)8-4-2-1-3-4/h1-3H2,(H2,6,7). The first-order chi connectivity index (χ1) is 3.79. The molecule has 0 aromatic rings. The number of hydrogen-bond donors (Lipinski definition) is 1. The van der Waals surface area contributed by atoms with Crippen LogP contribution in [-0.4, -0.2) is 6.09 Å². The quantitative estimate of drug-likeness (QED) is 0.548. The zero-order chi connectivity index (χ0) is 5.98. The van der Waals surface area contributed by atoms with Crippen molar-refractivity contribution in [1.82, 2.24) is 0 Å². The van der Waals surface area contributed by atoms with E-state index in [1.54, 1.807) is 0 Å². The first-order valence-corrected chi connectivity index (χ1v) is 2.61. The third-order valence-corrected chi connectivity index (χ3v) is 1.16. The second kappa shape index (κ2) is 2.03. The van der Waals surface area contributed by atoms with Crippen LogP contribution in [0.3, 0.4) is 0 Å². The molecule has 2 N–H and O–H groups in total. The lowest BCUT2D eigenvalue weighted by atomic mass is 9.96. The fraction of sp³-hybridized carbons (Fsp3) is 0.600. The maximum atomic E-state index is 9.98. The van der Waals surface area contributed by atoms with E-state index in [1.165, 1.54) is 0 Å². The zero-order valence-electron chi connectivity index (χ0n) is 4.52. The molecule has 3 nitrogen and oxygen atoms in total. The highest BCUT2D eigenvalue weighted by atomic mass is 16.6. The number of nitrogens with two attached hydrogens (primary N) is 1. The molecule has 45 valence electrons. The molecule has 8 heavy (non-hydrogen) atoms. The average Bonchev–Trinajstić information content (AvgIpc) is 1.55. The Kier molecular flexibility index (Phi) is 1.37. The summed E-state index contributed by atoms with van der Waals surface area (Å²) in [5, 5.41) is 0. The van der Waals surface area contributed by atoms with Gasteiger partial charge < -0.3 is 10.5 Å². The van der Waals surface area contributed by atoms with Crippen molar-refractivity contribution in [1.29, 1.82) is 0 Å². The molecule has 0 aliphatic heterocycles. The summed E-state index contributed by atoms with van der Waals surface area (Å²) in [5.41, 5.74) is 4.72. The number of amides is 1. The van der Waals surface area contributed by atoms with E-state index < -0.39 is 6.09 Å². The SMILES string of the molecule is NC(=O)O[C]1CCC1. The van der Waals surface area contributed by atoms with Gasteiger partial charge in [-0.3, -0.25) is 0 Å². The lowest BCUT2D eigenvalue weighted by molar-refractivity contribution is 0.131. The van der Waals surface area contributed by atoms with Crippen molar-refractivity contribution in [2.24, 2.45) is 5.73 Å². The molecule has 1 aliphatic carbocycles. The average molecular weight is 114 g/mol. The topological polar surface area (TPSA) is 52.3 Å². The van der Waals surface area contributed by atoms with Gasteiger partial charge in [0.05, 0.1) is 0 Å². The highest BCUT2D eigenvalue weighted by Gasteiger charge is 2.21. The minimum atomic E-state index is -0.681. The summed E-state index contributed by atoms with van der Waals surface area (Å²) < 4.78 is 4.54. The zero-order valence-corrected chi connectivity index (χ0v) is 4.52. The molecule has 1 fully saturated rings. The molecule has 0 bridgehead atoms. The Bertz CT molecular complexity index is 98.6. The maximum Gasteiger partial charge on any atom is 0.405 e. The Labute approximate surface area is 47.8 Å². The molecule has 1 amide bonds. The predicted molar refractivity (Wildman–Crippen MR) is 27.8 cm³/mol. The summed E-state index contributed by atoms with van der Waals surface area (Å²) >= 11 is 0. The third kappa shape index (κ3) is 1.12. The van der Waals surface area contributed by atoms with Crippen molar-refractivity contribution < 1.29 is 9.53 Å². The summed E-state index contributed by atoms with van der Waals surface area (Å²) in [6.07, 6.45) is 3.09. The Hall–Kier alpha value is -0.730. The van der Waals surface area contributed by atoms with E-state index in [-0.39, 0.29) is 0 Å². The van der Waals surface area contributed by atoms with Crippen LogP contribution in [0.5, 0.6) is 0 Å². The van der Waals surface area contributed by atoms with E-state index in [2.05, 4.69) is 4.74 Å². The van der Waals surface area contributed by atoms with E-state index in [0.29, 0.717) is 0 Å². The highest BCUT2D eigenvalue weighted by Crippen LogP contribution is 2.29. The van der Waals surface area contributed by atoms with Gasteiger partial charge >= 0.3 is 6.09 Å². The molecule has 1 radical (unpaired) electrons. The monoisotopic (exact) mass is 114 g/mol. The van der Waals surface area contributed by atoms with Gasteiger partial charge in [0.25, 0.3) is 0 Å². The minimum absolute atomic E-state index is 0.681. The van der Waals surface area contributed by atoms with Crippen LogP contribution >= 0.6 is 0 Å². The Morgan fingerprint density at radius 3 is 2.38 bits per heavy atom. The van der Waals surface area contributed by atoms with Crippen LogP contribution in [0.4, 0.5) is 4.79 Å². The van der Waals surface area contributed by atoms with E-state index in [4.69, 9.17) is 5.73 Å². The van der Waals surface area contributed by atoms with Gasteiger partial charge in [-0.15, -0.1) is 0 Å². The third-order valence-electron chi connectivity index (χ3n) is 1.16. The molecule has 1 saturated carbocycles. The fourth-order valence-corrected chi connectivity index (χ4v) is 0.565. The van der Waals surface area contributed by atoms with E-state index in [9.17, 15) is 4.79 Å². The molecule has 0 saturated heterocycles. The molecule has 1 aliphatic rings. The van der Waals surface area contributed by atoms with Crippen LogP contribution in [0, 0.1) is 6.10 Å². The van der Waals surface area contributed by atoms with Crippen LogP contribution in [0.25, 0.3) is 0 Å². The van der Waals surface area contributed by atoms with E-state index in [1.807, 2.05) is 0 Å². The van der Waals surface area contributed by atoms with Crippen LogP contribution in [0.2, 0.25) is 0 Å². The van der Waals surface area contributed by atoms with Crippen LogP contribution in [0.1, 0.15) is 19.3 Å². The summed E-state index contributed by atoms with van der Waals surface area (Å²) in [6.45, 7) is 0. The van der Waals surface area contributed by atoms with Gasteiger partial charge in [-0.2, -0.15) is 0 Å². The van der Waals surface area contributed by atoms with Crippen molar-refractivity contribution in [2.45, 2.75) is 19.3 Å². The first-order valence-electron chi connectivity index (χ1n) is 2.61. The normalized spacial score (nSPS) is 19.5. The second-order valence-electron chi connectivity index (χ2n) is 1.81. The van der Waals surface area contributed by atoms with Crippen molar-refractivity contribution in [2.75, 3.05) is 0 Å². The number of primary amides is 1.